The normalized spacial score (nSPS) is 19.1. The molecule has 0 unspecified atom stereocenters. The van der Waals surface area contributed by atoms with Crippen molar-refractivity contribution in [3.63, 3.8) is 0 Å². The largest absolute Gasteiger partial charge is 0.500 e. The SMILES string of the molecule is CCO[Si](CCCN1CCC(N)CC1)(OCC)OCC.CCO[Si](CCCN1CCNCC1)(OCC)OCC.CO[Si](C)(CCCN1CCC(N)CC1)OC.CO[Si](C)(CCCN1CCNCC1)OC.CO[Si](CCCN1CCC(N)CC1)(OC)OC.CO[Si](CCCN1CCCCC1)(OC)OC.CO[Si](CCCN1CCNCC1)(OC)OC. The predicted octanol–water partition coefficient (Wildman–Crippen LogP) is 7.57. The molecule has 32 nitrogen and oxygen atoms in total. The van der Waals surface area contributed by atoms with Crippen molar-refractivity contribution >= 4 is 61.1 Å². The van der Waals surface area contributed by atoms with Crippen LogP contribution in [0, 0.1) is 0 Å². The van der Waals surface area contributed by atoms with Crippen LogP contribution in [0.5, 0.6) is 0 Å². The highest BCUT2D eigenvalue weighted by Gasteiger charge is 2.43. The van der Waals surface area contributed by atoms with E-state index in [4.69, 9.17) is 101 Å². The van der Waals surface area contributed by atoms with E-state index in [1.165, 1.54) is 64.8 Å². The van der Waals surface area contributed by atoms with E-state index in [9.17, 15) is 0 Å². The molecule has 0 aromatic carbocycles. The average Bonchev–Trinajstić information content (AvgIpc) is 0.874. The van der Waals surface area contributed by atoms with Gasteiger partial charge < -0.3 is 152 Å². The topological polar surface area (TPSA) is 312 Å². The summed E-state index contributed by atoms with van der Waals surface area (Å²) in [6, 6.07) is 7.89. The number of rotatable bonds is 53. The minimum absolute atomic E-state index is 0.398. The Hall–Kier alpha value is 0.238. The van der Waals surface area contributed by atoms with Gasteiger partial charge in [-0.1, -0.05) is 6.42 Å². The van der Waals surface area contributed by atoms with Crippen molar-refractivity contribution < 1.29 is 84.1 Å². The first-order valence-electron chi connectivity index (χ1n) is 45.8. The lowest BCUT2D eigenvalue weighted by Gasteiger charge is -2.32. The molecule has 0 aliphatic carbocycles. The molecule has 0 saturated carbocycles. The summed E-state index contributed by atoms with van der Waals surface area (Å²) >= 11 is 0. The van der Waals surface area contributed by atoms with E-state index in [0.717, 1.165) is 257 Å². The number of piperazine rings is 3. The maximum atomic E-state index is 5.93. The summed E-state index contributed by atoms with van der Waals surface area (Å²) in [4.78, 5) is 17.5. The fourth-order valence-corrected chi connectivity index (χ4v) is 28.7. The van der Waals surface area contributed by atoms with Crippen molar-refractivity contribution in [2.45, 2.75) is 218 Å². The second kappa shape index (κ2) is 72.0. The summed E-state index contributed by atoms with van der Waals surface area (Å²) in [5, 5.41) is 10.1. The Balaban J connectivity index is 0.000000696. The molecule has 0 bridgehead atoms. The van der Waals surface area contributed by atoms with Crippen molar-refractivity contribution in [1.82, 2.24) is 50.2 Å². The summed E-state index contributed by atoms with van der Waals surface area (Å²) in [5.41, 5.74) is 17.7. The Bertz CT molecular complexity index is 2150. The second-order valence-electron chi connectivity index (χ2n) is 31.9. The van der Waals surface area contributed by atoms with Gasteiger partial charge in [0.05, 0.1) is 0 Å². The van der Waals surface area contributed by atoms with E-state index >= 15 is 0 Å². The molecule has 9 N–H and O–H groups in total. The molecule has 0 spiro atoms. The van der Waals surface area contributed by atoms with E-state index in [1.54, 1.807) is 92.4 Å². The van der Waals surface area contributed by atoms with Crippen molar-refractivity contribution in [2.24, 2.45) is 17.2 Å². The number of nitrogens with one attached hydrogen (secondary N) is 3. The highest BCUT2D eigenvalue weighted by Crippen LogP contribution is 2.25. The maximum Gasteiger partial charge on any atom is 0.500 e. The van der Waals surface area contributed by atoms with Crippen LogP contribution in [-0.4, -0.2) is 422 Å². The van der Waals surface area contributed by atoms with Gasteiger partial charge in [-0.25, -0.2) is 0 Å². The van der Waals surface area contributed by atoms with Crippen LogP contribution in [0.1, 0.15) is 144 Å². The molecule has 39 heteroatoms. The predicted molar refractivity (Wildman–Crippen MR) is 498 cm³/mol. The fraction of sp³-hybridized carbons (Fsp3) is 1.00. The third kappa shape index (κ3) is 52.6. The van der Waals surface area contributed by atoms with Crippen LogP contribution in [0.3, 0.4) is 0 Å². The summed E-state index contributed by atoms with van der Waals surface area (Å²) in [6.45, 7) is 51.0. The second-order valence-corrected chi connectivity index (χ2v) is 53.8. The zero-order valence-corrected chi connectivity index (χ0v) is 86.9. The van der Waals surface area contributed by atoms with E-state index in [0.29, 0.717) is 57.8 Å². The first-order valence-corrected chi connectivity index (χ1v) is 60.6. The molecule has 0 amide bonds. The standard InChI is InChI=1S/C14H32N2O3Si.C13H30N2O3Si.C11H26N2O3Si.C11H26N2O2Si.C11H25NO3Si.C10H24N2O3Si.C10H24N2O2Si/c1-4-17-20(18-5-2,19-6-3)13-7-10-16-11-8-14(15)9-12-16;1-4-16-19(17-5-2,18-6-3)13-7-10-15-11-8-14-9-12-15;1-14-17(15-2,16-3)10-4-7-13-8-5-11(12)6-9-13;1-14-16(3,15-2)10-4-7-13-8-5-11(12)6-9-13;1-13-16(14-2,15-3)11-7-10-12-8-5-4-6-9-12;1-13-16(14-2,15-3)10-4-7-12-8-5-11-6-9-12;1-13-15(3,14-2)10-4-7-12-8-5-11-6-9-12/h14H,4-13,15H2,1-3H3;14H,4-13H2,1-3H3;11H,4-10,12H2,1-3H3;11H,4-10,12H2,1-3H3;4-11H2,1-3H3;11H,4-10H2,1-3H3;11H,4-10H2,1-3H3. The zero-order valence-electron chi connectivity index (χ0n) is 79.9. The number of hydrogen-bond donors (Lipinski definition) is 6. The first kappa shape index (κ1) is 117. The van der Waals surface area contributed by atoms with Crippen molar-refractivity contribution in [3.05, 3.63) is 0 Å². The van der Waals surface area contributed by atoms with Gasteiger partial charge in [-0.2, -0.15) is 0 Å². The summed E-state index contributed by atoms with van der Waals surface area (Å²) < 4.78 is 106. The van der Waals surface area contributed by atoms with Gasteiger partial charge >= 0.3 is 61.1 Å². The Morgan fingerprint density at radius 2 is 0.412 bits per heavy atom. The zero-order chi connectivity index (χ0) is 88.4. The highest BCUT2D eigenvalue weighted by atomic mass is 28.4. The van der Waals surface area contributed by atoms with Crippen LogP contribution in [0.25, 0.3) is 0 Å². The molecular formula is C80H187N13O19Si7. The van der Waals surface area contributed by atoms with Crippen LogP contribution >= 0.6 is 0 Å². The molecule has 7 aliphatic heterocycles. The minimum Gasteiger partial charge on any atom is -0.398 e. The quantitative estimate of drug-likeness (QED) is 0.0320. The van der Waals surface area contributed by atoms with E-state index in [1.807, 2.05) is 41.5 Å². The van der Waals surface area contributed by atoms with Gasteiger partial charge in [-0.05, 0) is 261 Å². The van der Waals surface area contributed by atoms with Crippen molar-refractivity contribution in [2.75, 3.05) is 309 Å². The Kier molecular flexibility index (Phi) is 70.9. The van der Waals surface area contributed by atoms with Gasteiger partial charge in [-0.15, -0.1) is 0 Å². The van der Waals surface area contributed by atoms with E-state index < -0.39 is 61.1 Å². The van der Waals surface area contributed by atoms with Gasteiger partial charge in [0, 0.05) is 259 Å². The van der Waals surface area contributed by atoms with Gasteiger partial charge in [-0.3, -0.25) is 0 Å². The monoisotopic (exact) mass is 1830 g/mol. The smallest absolute Gasteiger partial charge is 0.398 e. The van der Waals surface area contributed by atoms with Crippen LogP contribution in [0.15, 0.2) is 0 Å². The van der Waals surface area contributed by atoms with Gasteiger partial charge in [0.25, 0.3) is 0 Å². The maximum absolute atomic E-state index is 5.93. The lowest BCUT2D eigenvalue weighted by atomic mass is 10.1. The number of nitrogens with zero attached hydrogens (tertiary/aromatic N) is 7. The minimum atomic E-state index is -2.44. The molecular weight excluding hydrogens is 1640 g/mol. The summed E-state index contributed by atoms with van der Waals surface area (Å²) in [5.74, 6) is 0. The van der Waals surface area contributed by atoms with Crippen LogP contribution < -0.4 is 33.2 Å². The molecule has 7 fully saturated rings. The fourth-order valence-electron chi connectivity index (χ4n) is 15.6. The van der Waals surface area contributed by atoms with Crippen molar-refractivity contribution in [3.8, 4) is 0 Å². The molecule has 7 aliphatic rings. The van der Waals surface area contributed by atoms with Gasteiger partial charge in [0.1, 0.15) is 0 Å². The Morgan fingerprint density at radius 3 is 0.597 bits per heavy atom. The molecule has 0 radical (unpaired) electrons. The van der Waals surface area contributed by atoms with E-state index in [-0.39, 0.29) is 0 Å². The summed E-state index contributed by atoms with van der Waals surface area (Å²) in [7, 11) is 6.52. The third-order valence-electron chi connectivity index (χ3n) is 23.7. The van der Waals surface area contributed by atoms with E-state index in [2.05, 4.69) is 63.3 Å². The lowest BCUT2D eigenvalue weighted by Crippen LogP contribution is -2.47. The van der Waals surface area contributed by atoms with Gasteiger partial charge in [0.15, 0.2) is 0 Å². The Labute approximate surface area is 735 Å². The first-order chi connectivity index (χ1) is 57.4. The molecule has 0 aromatic heterocycles. The Morgan fingerprint density at radius 1 is 0.235 bits per heavy atom. The summed E-state index contributed by atoms with van der Waals surface area (Å²) in [6.07, 6.45) is 18.6. The molecule has 0 aromatic rings. The molecule has 7 saturated heterocycles. The number of nitrogens with two attached hydrogens (primary N) is 3. The highest BCUT2D eigenvalue weighted by molar-refractivity contribution is 6.66. The number of piperidine rings is 4. The molecule has 0 atom stereocenters. The lowest BCUT2D eigenvalue weighted by molar-refractivity contribution is 0.0688. The molecule has 7 rings (SSSR count). The number of hydrogen-bond acceptors (Lipinski definition) is 32. The van der Waals surface area contributed by atoms with Gasteiger partial charge in [0.2, 0.25) is 0 Å². The third-order valence-corrected chi connectivity index (χ3v) is 44.5. The van der Waals surface area contributed by atoms with Crippen LogP contribution in [-0.2, 0) is 84.1 Å². The molecule has 714 valence electrons. The average molecular weight is 1830 g/mol. The van der Waals surface area contributed by atoms with Crippen LogP contribution in [0.2, 0.25) is 55.4 Å². The molecule has 7 heterocycles. The van der Waals surface area contributed by atoms with Crippen molar-refractivity contribution in [1.29, 1.82) is 0 Å². The molecule has 119 heavy (non-hydrogen) atoms. The number of likely N-dealkylation sites (tertiary alicyclic amines) is 4. The van der Waals surface area contributed by atoms with Crippen LogP contribution in [0.4, 0.5) is 0 Å².